The zero-order valence-corrected chi connectivity index (χ0v) is 13.8. The largest absolute Gasteiger partial charge is 0.337 e. The first-order chi connectivity index (χ1) is 10.6. The number of amides is 1. The number of hydrogen-bond donors (Lipinski definition) is 0. The van der Waals surface area contributed by atoms with Crippen molar-refractivity contribution in [1.82, 2.24) is 14.8 Å². The number of thiazole rings is 1. The summed E-state index contributed by atoms with van der Waals surface area (Å²) >= 11 is 1.59. The molecule has 0 radical (unpaired) electrons. The summed E-state index contributed by atoms with van der Waals surface area (Å²) < 4.78 is 0. The highest BCUT2D eigenvalue weighted by atomic mass is 32.1. The summed E-state index contributed by atoms with van der Waals surface area (Å²) in [6.07, 6.45) is 0.949. The summed E-state index contributed by atoms with van der Waals surface area (Å²) in [6.45, 7) is 4.23. The van der Waals surface area contributed by atoms with Gasteiger partial charge in [-0.15, -0.1) is 11.3 Å². The Morgan fingerprint density at radius 3 is 2.91 bits per heavy atom. The van der Waals surface area contributed by atoms with Crippen molar-refractivity contribution in [3.05, 3.63) is 52.0 Å². The van der Waals surface area contributed by atoms with Crippen molar-refractivity contribution in [2.24, 2.45) is 0 Å². The molecular weight excluding hydrogens is 294 g/mol. The third-order valence-electron chi connectivity index (χ3n) is 4.36. The maximum absolute atomic E-state index is 12.7. The molecule has 22 heavy (non-hydrogen) atoms. The molecular formula is C17H21N3OS. The van der Waals surface area contributed by atoms with Crippen LogP contribution in [0.5, 0.6) is 0 Å². The van der Waals surface area contributed by atoms with Crippen LogP contribution in [0.3, 0.4) is 0 Å². The molecule has 0 saturated heterocycles. The number of fused-ring (bicyclic) bond motifs is 1. The predicted octanol–water partition coefficient (Wildman–Crippen LogP) is 2.55. The van der Waals surface area contributed by atoms with Gasteiger partial charge in [0, 0.05) is 25.0 Å². The minimum absolute atomic E-state index is 0.132. The van der Waals surface area contributed by atoms with Gasteiger partial charge in [-0.05, 0) is 31.5 Å². The molecule has 1 atom stereocenters. The molecule has 3 rings (SSSR count). The van der Waals surface area contributed by atoms with Crippen molar-refractivity contribution in [3.63, 3.8) is 0 Å². The van der Waals surface area contributed by atoms with Crippen molar-refractivity contribution >= 4 is 17.2 Å². The molecule has 1 aliphatic rings. The lowest BCUT2D eigenvalue weighted by Gasteiger charge is -2.33. The Kier molecular flexibility index (Phi) is 4.55. The van der Waals surface area contributed by atoms with Gasteiger partial charge in [-0.1, -0.05) is 24.3 Å². The molecule has 0 spiro atoms. The van der Waals surface area contributed by atoms with Crippen LogP contribution in [0.2, 0.25) is 0 Å². The Morgan fingerprint density at radius 1 is 1.41 bits per heavy atom. The van der Waals surface area contributed by atoms with Gasteiger partial charge in [0.1, 0.15) is 0 Å². The molecule has 0 aliphatic carbocycles. The van der Waals surface area contributed by atoms with Crippen LogP contribution in [0, 0.1) is 0 Å². The average molecular weight is 315 g/mol. The summed E-state index contributed by atoms with van der Waals surface area (Å²) in [5.74, 6) is 0.201. The Hall–Kier alpha value is -1.72. The molecule has 2 aromatic rings. The second-order valence-electron chi connectivity index (χ2n) is 5.85. The van der Waals surface area contributed by atoms with Crippen molar-refractivity contribution in [2.45, 2.75) is 32.5 Å². The Balaban J connectivity index is 1.64. The van der Waals surface area contributed by atoms with E-state index in [4.69, 9.17) is 0 Å². The van der Waals surface area contributed by atoms with E-state index in [1.807, 2.05) is 35.8 Å². The molecule has 1 aromatic heterocycles. The number of rotatable bonds is 4. The summed E-state index contributed by atoms with van der Waals surface area (Å²) in [4.78, 5) is 21.1. The first-order valence-electron chi connectivity index (χ1n) is 7.58. The lowest BCUT2D eigenvalue weighted by molar-refractivity contribution is -0.137. The molecule has 0 N–H and O–H groups in total. The monoisotopic (exact) mass is 315 g/mol. The fourth-order valence-corrected chi connectivity index (χ4v) is 3.39. The molecule has 2 heterocycles. The molecule has 5 heteroatoms. The number of hydrogen-bond acceptors (Lipinski definition) is 4. The van der Waals surface area contributed by atoms with Crippen LogP contribution in [0.1, 0.15) is 23.7 Å². The highest BCUT2D eigenvalue weighted by molar-refractivity contribution is 7.07. The number of carbonyl (C=O) groups is 1. The van der Waals surface area contributed by atoms with Crippen LogP contribution in [0.15, 0.2) is 35.2 Å². The number of benzene rings is 1. The van der Waals surface area contributed by atoms with E-state index in [1.54, 1.807) is 11.3 Å². The SMILES string of the molecule is C[C@H](C(=O)N1CCc2ccccc2C1)N(C)Cc1cscn1. The number of likely N-dealkylation sites (N-methyl/N-ethyl adjacent to an activating group) is 1. The van der Waals surface area contributed by atoms with Crippen LogP contribution in [0.4, 0.5) is 0 Å². The van der Waals surface area contributed by atoms with E-state index in [9.17, 15) is 4.79 Å². The molecule has 4 nitrogen and oxygen atoms in total. The number of aromatic nitrogens is 1. The Bertz CT molecular complexity index is 641. The molecule has 1 aromatic carbocycles. The van der Waals surface area contributed by atoms with E-state index < -0.39 is 0 Å². The van der Waals surface area contributed by atoms with Gasteiger partial charge >= 0.3 is 0 Å². The standard InChI is InChI=1S/C17H21N3OS/c1-13(19(2)10-16-11-22-12-18-16)17(21)20-8-7-14-5-3-4-6-15(14)9-20/h3-6,11-13H,7-10H2,1-2H3/t13-/m1/s1. The van der Waals surface area contributed by atoms with Crippen molar-refractivity contribution in [3.8, 4) is 0 Å². The molecule has 0 saturated carbocycles. The normalized spacial score (nSPS) is 15.7. The van der Waals surface area contributed by atoms with Crippen LogP contribution < -0.4 is 0 Å². The first-order valence-corrected chi connectivity index (χ1v) is 8.52. The summed E-state index contributed by atoms with van der Waals surface area (Å²) in [5.41, 5.74) is 5.50. The van der Waals surface area contributed by atoms with E-state index in [2.05, 4.69) is 28.1 Å². The van der Waals surface area contributed by atoms with E-state index in [1.165, 1.54) is 11.1 Å². The lowest BCUT2D eigenvalue weighted by Crippen LogP contribution is -2.47. The number of nitrogens with zero attached hydrogens (tertiary/aromatic N) is 3. The second-order valence-corrected chi connectivity index (χ2v) is 6.57. The van der Waals surface area contributed by atoms with Crippen molar-refractivity contribution in [1.29, 1.82) is 0 Å². The van der Waals surface area contributed by atoms with E-state index in [0.717, 1.165) is 25.2 Å². The third kappa shape index (κ3) is 3.20. The molecule has 1 aliphatic heterocycles. The van der Waals surface area contributed by atoms with Crippen LogP contribution >= 0.6 is 11.3 Å². The third-order valence-corrected chi connectivity index (χ3v) is 4.99. The molecule has 0 bridgehead atoms. The zero-order chi connectivity index (χ0) is 15.5. The maximum Gasteiger partial charge on any atom is 0.239 e. The van der Waals surface area contributed by atoms with Gasteiger partial charge in [-0.25, -0.2) is 4.98 Å². The quantitative estimate of drug-likeness (QED) is 0.870. The summed E-state index contributed by atoms with van der Waals surface area (Å²) in [6, 6.07) is 8.27. The highest BCUT2D eigenvalue weighted by Crippen LogP contribution is 2.20. The maximum atomic E-state index is 12.7. The molecule has 0 unspecified atom stereocenters. The van der Waals surface area contributed by atoms with Gasteiger partial charge in [0.2, 0.25) is 5.91 Å². The fraction of sp³-hybridized carbons (Fsp3) is 0.412. The van der Waals surface area contributed by atoms with Gasteiger partial charge in [-0.2, -0.15) is 0 Å². The fourth-order valence-electron chi connectivity index (χ4n) is 2.84. The van der Waals surface area contributed by atoms with Gasteiger partial charge in [0.25, 0.3) is 0 Å². The molecule has 1 amide bonds. The molecule has 0 fully saturated rings. The second kappa shape index (κ2) is 6.58. The van der Waals surface area contributed by atoms with Gasteiger partial charge < -0.3 is 4.90 Å². The van der Waals surface area contributed by atoms with E-state index in [-0.39, 0.29) is 11.9 Å². The summed E-state index contributed by atoms with van der Waals surface area (Å²) in [5, 5.41) is 2.03. The predicted molar refractivity (Wildman–Crippen MR) is 88.6 cm³/mol. The van der Waals surface area contributed by atoms with E-state index in [0.29, 0.717) is 6.54 Å². The van der Waals surface area contributed by atoms with Gasteiger partial charge in [0.15, 0.2) is 0 Å². The summed E-state index contributed by atoms with van der Waals surface area (Å²) in [7, 11) is 1.99. The van der Waals surface area contributed by atoms with Crippen molar-refractivity contribution in [2.75, 3.05) is 13.6 Å². The average Bonchev–Trinajstić information content (AvgIpc) is 3.06. The van der Waals surface area contributed by atoms with E-state index >= 15 is 0 Å². The highest BCUT2D eigenvalue weighted by Gasteiger charge is 2.26. The van der Waals surface area contributed by atoms with Crippen molar-refractivity contribution < 1.29 is 4.79 Å². The topological polar surface area (TPSA) is 36.4 Å². The molecule has 116 valence electrons. The number of carbonyl (C=O) groups excluding carboxylic acids is 1. The minimum Gasteiger partial charge on any atom is -0.337 e. The minimum atomic E-state index is -0.132. The Labute approximate surface area is 135 Å². The lowest BCUT2D eigenvalue weighted by atomic mass is 9.99. The zero-order valence-electron chi connectivity index (χ0n) is 13.0. The first kappa shape index (κ1) is 15.2. The van der Waals surface area contributed by atoms with Crippen LogP contribution in [0.25, 0.3) is 0 Å². The smallest absolute Gasteiger partial charge is 0.239 e. The van der Waals surface area contributed by atoms with Crippen LogP contribution in [-0.4, -0.2) is 40.3 Å². The van der Waals surface area contributed by atoms with Crippen LogP contribution in [-0.2, 0) is 24.3 Å². The Morgan fingerprint density at radius 2 is 2.18 bits per heavy atom. The van der Waals surface area contributed by atoms with Gasteiger partial charge in [-0.3, -0.25) is 9.69 Å². The van der Waals surface area contributed by atoms with Gasteiger partial charge in [0.05, 0.1) is 17.2 Å².